The molecule has 1 atom stereocenters. The second kappa shape index (κ2) is 5.30. The van der Waals surface area contributed by atoms with Crippen molar-refractivity contribution >= 4 is 24.0 Å². The third-order valence-corrected chi connectivity index (χ3v) is 3.12. The van der Waals surface area contributed by atoms with E-state index < -0.39 is 17.7 Å². The second-order valence-corrected chi connectivity index (χ2v) is 4.42. The van der Waals surface area contributed by atoms with Crippen LogP contribution in [-0.2, 0) is 0 Å². The molecule has 0 spiro atoms. The van der Waals surface area contributed by atoms with Crippen LogP contribution < -0.4 is 5.73 Å². The van der Waals surface area contributed by atoms with Crippen LogP contribution in [0.4, 0.5) is 8.78 Å². The summed E-state index contributed by atoms with van der Waals surface area (Å²) in [6, 6.07) is 1.59. The fourth-order valence-electron chi connectivity index (χ4n) is 1.71. The summed E-state index contributed by atoms with van der Waals surface area (Å²) in [6.07, 6.45) is 2.94. The molecule has 1 aromatic rings. The maximum Gasteiger partial charge on any atom is 0.142 e. The smallest absolute Gasteiger partial charge is 0.142 e. The lowest BCUT2D eigenvalue weighted by molar-refractivity contribution is 0.531. The van der Waals surface area contributed by atoms with Gasteiger partial charge in [0.2, 0.25) is 0 Å². The van der Waals surface area contributed by atoms with E-state index in [1.807, 2.05) is 0 Å². The summed E-state index contributed by atoms with van der Waals surface area (Å²) in [5, 5.41) is -0.178. The highest BCUT2D eigenvalue weighted by Crippen LogP contribution is 2.39. The van der Waals surface area contributed by atoms with E-state index in [1.54, 1.807) is 0 Å². The van der Waals surface area contributed by atoms with E-state index in [1.165, 1.54) is 0 Å². The highest BCUT2D eigenvalue weighted by atomic mass is 35.5. The van der Waals surface area contributed by atoms with E-state index >= 15 is 0 Å². The monoisotopic (exact) mass is 267 g/mol. The van der Waals surface area contributed by atoms with E-state index in [0.717, 1.165) is 25.0 Å². The van der Waals surface area contributed by atoms with Gasteiger partial charge in [0.05, 0.1) is 5.02 Å². The average Bonchev–Trinajstić information content (AvgIpc) is 2.96. The summed E-state index contributed by atoms with van der Waals surface area (Å²) in [7, 11) is 0. The van der Waals surface area contributed by atoms with Crippen molar-refractivity contribution in [3.8, 4) is 0 Å². The van der Waals surface area contributed by atoms with Gasteiger partial charge in [-0.05, 0) is 24.5 Å². The van der Waals surface area contributed by atoms with Crippen molar-refractivity contribution in [3.63, 3.8) is 0 Å². The molecule has 0 heterocycles. The van der Waals surface area contributed by atoms with Gasteiger partial charge in [0, 0.05) is 11.6 Å². The molecule has 1 fully saturated rings. The molecule has 90 valence electrons. The fourth-order valence-corrected chi connectivity index (χ4v) is 2.01. The number of nitrogens with two attached hydrogens (primary N) is 1. The van der Waals surface area contributed by atoms with Gasteiger partial charge in [0.25, 0.3) is 0 Å². The number of hydrogen-bond donors (Lipinski definition) is 1. The topological polar surface area (TPSA) is 26.0 Å². The van der Waals surface area contributed by atoms with Crippen molar-refractivity contribution < 1.29 is 8.78 Å². The van der Waals surface area contributed by atoms with Crippen molar-refractivity contribution in [1.82, 2.24) is 0 Å². The summed E-state index contributed by atoms with van der Waals surface area (Å²) in [5.74, 6) is -0.576. The van der Waals surface area contributed by atoms with Crippen LogP contribution in [0, 0.1) is 17.6 Å². The van der Waals surface area contributed by atoms with Crippen molar-refractivity contribution in [2.24, 2.45) is 11.7 Å². The Bertz CT molecular complexity index is 380. The van der Waals surface area contributed by atoms with Gasteiger partial charge in [-0.1, -0.05) is 24.4 Å². The minimum absolute atomic E-state index is 0. The largest absolute Gasteiger partial charge is 0.324 e. The second-order valence-electron chi connectivity index (χ2n) is 4.04. The first-order valence-electron chi connectivity index (χ1n) is 4.98. The van der Waals surface area contributed by atoms with Gasteiger partial charge in [-0.3, -0.25) is 0 Å². The summed E-state index contributed by atoms with van der Waals surface area (Å²) < 4.78 is 26.5. The molecular weight excluding hydrogens is 255 g/mol. The fraction of sp³-hybridized carbons (Fsp3) is 0.455. The summed E-state index contributed by atoms with van der Waals surface area (Å²) in [6.45, 7) is 0. The molecule has 5 heteroatoms. The van der Waals surface area contributed by atoms with E-state index in [0.29, 0.717) is 12.3 Å². The van der Waals surface area contributed by atoms with Gasteiger partial charge >= 0.3 is 0 Å². The zero-order chi connectivity index (χ0) is 11.0. The van der Waals surface area contributed by atoms with Crippen LogP contribution in [0.3, 0.4) is 0 Å². The predicted molar refractivity (Wildman–Crippen MR) is 62.9 cm³/mol. The molecule has 0 radical (unpaired) electrons. The third-order valence-electron chi connectivity index (χ3n) is 2.73. The van der Waals surface area contributed by atoms with Gasteiger partial charge < -0.3 is 5.73 Å². The molecule has 2 N–H and O–H groups in total. The number of rotatable bonds is 3. The van der Waals surface area contributed by atoms with Gasteiger partial charge in [0.15, 0.2) is 0 Å². The van der Waals surface area contributed by atoms with E-state index in [4.69, 9.17) is 17.3 Å². The highest BCUT2D eigenvalue weighted by Gasteiger charge is 2.27. The SMILES string of the molecule is Cl.N[C@@H](CC1CC1)c1c(F)ccc(F)c1Cl. The van der Waals surface area contributed by atoms with Crippen LogP contribution in [0.15, 0.2) is 12.1 Å². The molecule has 16 heavy (non-hydrogen) atoms. The van der Waals surface area contributed by atoms with Crippen LogP contribution in [0.25, 0.3) is 0 Å². The maximum absolute atomic E-state index is 13.4. The standard InChI is InChI=1S/C11H12ClF2N.ClH/c12-11-8(14)4-3-7(13)10(11)9(15)5-6-1-2-6;/h3-4,6,9H,1-2,5,15H2;1H/t9-;/m0./s1. The highest BCUT2D eigenvalue weighted by molar-refractivity contribution is 6.31. The molecule has 2 rings (SSSR count). The van der Waals surface area contributed by atoms with Crippen molar-refractivity contribution in [3.05, 3.63) is 34.4 Å². The van der Waals surface area contributed by atoms with Crippen LogP contribution in [0.1, 0.15) is 30.9 Å². The van der Waals surface area contributed by atoms with Crippen LogP contribution >= 0.6 is 24.0 Å². The molecule has 0 aromatic heterocycles. The van der Waals surface area contributed by atoms with Crippen LogP contribution in [0.5, 0.6) is 0 Å². The number of halogens is 4. The molecule has 0 aliphatic heterocycles. The summed E-state index contributed by atoms with van der Waals surface area (Å²) in [4.78, 5) is 0. The molecule has 0 amide bonds. The Kier molecular flexibility index (Phi) is 4.53. The first-order chi connectivity index (χ1) is 7.09. The van der Waals surface area contributed by atoms with Crippen molar-refractivity contribution in [2.45, 2.75) is 25.3 Å². The number of hydrogen-bond acceptors (Lipinski definition) is 1. The molecule has 0 bridgehead atoms. The minimum Gasteiger partial charge on any atom is -0.324 e. The van der Waals surface area contributed by atoms with Gasteiger partial charge in [-0.25, -0.2) is 8.78 Å². The molecular formula is C11H13Cl2F2N. The molecule has 1 aliphatic carbocycles. The lowest BCUT2D eigenvalue weighted by Crippen LogP contribution is -2.14. The molecule has 1 nitrogen and oxygen atoms in total. The average molecular weight is 268 g/mol. The van der Waals surface area contributed by atoms with Gasteiger partial charge in [-0.15, -0.1) is 12.4 Å². The van der Waals surface area contributed by atoms with Gasteiger partial charge in [0.1, 0.15) is 11.6 Å². The van der Waals surface area contributed by atoms with E-state index in [-0.39, 0.29) is 23.0 Å². The Balaban J connectivity index is 0.00000128. The molecule has 1 aliphatic rings. The van der Waals surface area contributed by atoms with Gasteiger partial charge in [-0.2, -0.15) is 0 Å². The normalized spacial score (nSPS) is 16.8. The summed E-state index contributed by atoms with van der Waals surface area (Å²) >= 11 is 5.70. The molecule has 1 saturated carbocycles. The quantitative estimate of drug-likeness (QED) is 0.828. The Hall–Kier alpha value is -0.380. The zero-order valence-corrected chi connectivity index (χ0v) is 10.1. The lowest BCUT2D eigenvalue weighted by Gasteiger charge is -2.14. The van der Waals surface area contributed by atoms with Crippen molar-refractivity contribution in [1.29, 1.82) is 0 Å². The minimum atomic E-state index is -0.612. The lowest BCUT2D eigenvalue weighted by atomic mass is 10.0. The van der Waals surface area contributed by atoms with E-state index in [9.17, 15) is 8.78 Å². The molecule has 1 aromatic carbocycles. The molecule has 0 saturated heterocycles. The van der Waals surface area contributed by atoms with Crippen molar-refractivity contribution in [2.75, 3.05) is 0 Å². The Labute approximate surface area is 104 Å². The number of benzene rings is 1. The molecule has 0 unspecified atom stereocenters. The summed E-state index contributed by atoms with van der Waals surface area (Å²) in [5.41, 5.74) is 5.93. The Morgan fingerprint density at radius 2 is 1.88 bits per heavy atom. The van der Waals surface area contributed by atoms with E-state index in [2.05, 4.69) is 0 Å². The third kappa shape index (κ3) is 2.84. The maximum atomic E-state index is 13.4. The zero-order valence-electron chi connectivity index (χ0n) is 8.55. The Morgan fingerprint density at radius 1 is 1.31 bits per heavy atom. The first-order valence-corrected chi connectivity index (χ1v) is 5.36. The predicted octanol–water partition coefficient (Wildman–Crippen LogP) is 3.84. The van der Waals surface area contributed by atoms with Crippen LogP contribution in [-0.4, -0.2) is 0 Å². The first kappa shape index (κ1) is 13.7. The Morgan fingerprint density at radius 3 is 2.44 bits per heavy atom. The van der Waals surface area contributed by atoms with Crippen LogP contribution in [0.2, 0.25) is 5.02 Å².